The maximum absolute atomic E-state index is 12.4. The van der Waals surface area contributed by atoms with E-state index in [1.54, 1.807) is 13.8 Å². The zero-order valence-electron chi connectivity index (χ0n) is 15.7. The molecular formula is C20H20N4O4. The molecule has 0 bridgehead atoms. The summed E-state index contributed by atoms with van der Waals surface area (Å²) in [5.74, 6) is 0.290. The van der Waals surface area contributed by atoms with Gasteiger partial charge in [0.05, 0.1) is 30.3 Å². The highest BCUT2D eigenvalue weighted by Crippen LogP contribution is 2.51. The number of fused-ring (bicyclic) bond motifs is 2. The van der Waals surface area contributed by atoms with E-state index in [-0.39, 0.29) is 17.5 Å². The molecule has 1 aromatic carbocycles. The molecule has 3 heterocycles. The third-order valence-electron chi connectivity index (χ3n) is 5.68. The van der Waals surface area contributed by atoms with E-state index in [1.165, 1.54) is 29.9 Å². The number of ether oxygens (including phenoxy) is 2. The molecule has 0 atom stereocenters. The van der Waals surface area contributed by atoms with Gasteiger partial charge in [-0.15, -0.1) is 0 Å². The molecule has 28 heavy (non-hydrogen) atoms. The Morgan fingerprint density at radius 2 is 1.93 bits per heavy atom. The molecule has 2 fully saturated rings. The van der Waals surface area contributed by atoms with Gasteiger partial charge in [0.2, 0.25) is 0 Å². The summed E-state index contributed by atoms with van der Waals surface area (Å²) in [4.78, 5) is 33.8. The summed E-state index contributed by atoms with van der Waals surface area (Å²) in [7, 11) is 0. The van der Waals surface area contributed by atoms with Crippen molar-refractivity contribution in [3.05, 3.63) is 41.7 Å². The predicted molar refractivity (Wildman–Crippen MR) is 99.0 cm³/mol. The molecule has 0 radical (unpaired) electrons. The van der Waals surface area contributed by atoms with E-state index in [4.69, 9.17) is 9.47 Å². The lowest BCUT2D eigenvalue weighted by Gasteiger charge is -2.38. The maximum atomic E-state index is 12.4. The van der Waals surface area contributed by atoms with Gasteiger partial charge < -0.3 is 14.8 Å². The summed E-state index contributed by atoms with van der Waals surface area (Å²) in [6, 6.07) is 5.55. The number of nitrogens with zero attached hydrogens (tertiary/aromatic N) is 3. The van der Waals surface area contributed by atoms with Gasteiger partial charge in [0.1, 0.15) is 11.3 Å². The van der Waals surface area contributed by atoms with E-state index in [0.29, 0.717) is 18.0 Å². The molecule has 3 aliphatic rings. The predicted octanol–water partition coefficient (Wildman–Crippen LogP) is 3.01. The minimum absolute atomic E-state index is 0.143. The van der Waals surface area contributed by atoms with Crippen molar-refractivity contribution in [2.24, 2.45) is 0 Å². The van der Waals surface area contributed by atoms with Crippen molar-refractivity contribution in [2.75, 3.05) is 4.90 Å². The fourth-order valence-corrected chi connectivity index (χ4v) is 3.94. The molecule has 1 N–H and O–H groups in total. The monoisotopic (exact) mass is 380 g/mol. The van der Waals surface area contributed by atoms with Crippen LogP contribution in [-0.4, -0.2) is 27.4 Å². The molecular weight excluding hydrogens is 360 g/mol. The van der Waals surface area contributed by atoms with Crippen LogP contribution in [0.5, 0.6) is 11.8 Å². The van der Waals surface area contributed by atoms with Crippen LogP contribution in [0.25, 0.3) is 0 Å². The van der Waals surface area contributed by atoms with Gasteiger partial charge in [-0.05, 0) is 56.4 Å². The first kappa shape index (κ1) is 17.1. The Labute approximate surface area is 161 Å². The standard InChI is InChI=1S/C20H20N4O4/c1-19(2)16(25)24(18(26)23-19)13-9-21-17(22-10-13)28-14-5-4-12-11-27-20(6-3-7-20)15(12)8-14/h4-5,8-10H,3,6-7,11H2,1-2H3,(H,23,26). The normalized spacial score (nSPS) is 21.4. The maximum Gasteiger partial charge on any atom is 0.329 e. The van der Waals surface area contributed by atoms with Gasteiger partial charge in [0.15, 0.2) is 0 Å². The molecule has 8 nitrogen and oxygen atoms in total. The van der Waals surface area contributed by atoms with Crippen molar-refractivity contribution < 1.29 is 19.1 Å². The van der Waals surface area contributed by atoms with Crippen molar-refractivity contribution in [3.63, 3.8) is 0 Å². The molecule has 144 valence electrons. The van der Waals surface area contributed by atoms with E-state index in [0.717, 1.165) is 17.7 Å². The summed E-state index contributed by atoms with van der Waals surface area (Å²) >= 11 is 0. The van der Waals surface area contributed by atoms with Gasteiger partial charge in [0, 0.05) is 0 Å². The summed E-state index contributed by atoms with van der Waals surface area (Å²) in [5, 5.41) is 2.63. The van der Waals surface area contributed by atoms with Crippen LogP contribution in [0, 0.1) is 0 Å². The second-order valence-electron chi connectivity index (χ2n) is 7.98. The Hall–Kier alpha value is -3.00. The molecule has 8 heteroatoms. The fourth-order valence-electron chi connectivity index (χ4n) is 3.94. The highest BCUT2D eigenvalue weighted by Gasteiger charge is 2.46. The van der Waals surface area contributed by atoms with Gasteiger partial charge >= 0.3 is 12.0 Å². The number of carbonyl (C=O) groups excluding carboxylic acids is 2. The van der Waals surface area contributed by atoms with E-state index >= 15 is 0 Å². The van der Waals surface area contributed by atoms with Crippen LogP contribution in [0.1, 0.15) is 44.2 Å². The second kappa shape index (κ2) is 5.75. The van der Waals surface area contributed by atoms with E-state index in [1.807, 2.05) is 18.2 Å². The van der Waals surface area contributed by atoms with Crippen LogP contribution in [0.15, 0.2) is 30.6 Å². The third kappa shape index (κ3) is 2.48. The first-order valence-electron chi connectivity index (χ1n) is 9.32. The van der Waals surface area contributed by atoms with E-state index in [2.05, 4.69) is 15.3 Å². The number of hydrogen-bond acceptors (Lipinski definition) is 6. The lowest BCUT2D eigenvalue weighted by Crippen LogP contribution is -2.40. The Morgan fingerprint density at radius 1 is 1.18 bits per heavy atom. The number of imide groups is 1. The van der Waals surface area contributed by atoms with Crippen LogP contribution in [0.3, 0.4) is 0 Å². The van der Waals surface area contributed by atoms with Crippen LogP contribution in [-0.2, 0) is 21.7 Å². The number of aromatic nitrogens is 2. The first-order chi connectivity index (χ1) is 13.4. The Morgan fingerprint density at radius 3 is 2.54 bits per heavy atom. The summed E-state index contributed by atoms with van der Waals surface area (Å²) < 4.78 is 11.8. The van der Waals surface area contributed by atoms with Gasteiger partial charge in [-0.2, -0.15) is 0 Å². The van der Waals surface area contributed by atoms with Gasteiger partial charge in [-0.3, -0.25) is 4.79 Å². The summed E-state index contributed by atoms with van der Waals surface area (Å²) in [5.41, 5.74) is 1.60. The van der Waals surface area contributed by atoms with Crippen molar-refractivity contribution in [1.82, 2.24) is 15.3 Å². The van der Waals surface area contributed by atoms with Crippen molar-refractivity contribution in [3.8, 4) is 11.8 Å². The Kier molecular flexibility index (Phi) is 3.51. The molecule has 3 amide bonds. The van der Waals surface area contributed by atoms with Gasteiger partial charge in [0.25, 0.3) is 5.91 Å². The first-order valence-corrected chi connectivity index (χ1v) is 9.32. The third-order valence-corrected chi connectivity index (χ3v) is 5.68. The van der Waals surface area contributed by atoms with Gasteiger partial charge in [-0.25, -0.2) is 19.7 Å². The average molecular weight is 380 g/mol. The molecule has 2 aromatic rings. The van der Waals surface area contributed by atoms with Crippen molar-refractivity contribution in [2.45, 2.75) is 50.9 Å². The Bertz CT molecular complexity index is 982. The lowest BCUT2D eigenvalue weighted by atomic mass is 9.75. The number of urea groups is 1. The van der Waals surface area contributed by atoms with E-state index < -0.39 is 11.6 Å². The SMILES string of the molecule is CC1(C)NC(=O)N(c2cnc(Oc3ccc4c(c3)C3(CCC3)OC4)nc2)C1=O. The smallest absolute Gasteiger partial charge is 0.329 e. The molecule has 5 rings (SSSR count). The fraction of sp³-hybridized carbons (Fsp3) is 0.400. The molecule has 1 spiro atoms. The molecule has 1 saturated heterocycles. The number of rotatable bonds is 3. The van der Waals surface area contributed by atoms with Crippen molar-refractivity contribution >= 4 is 17.6 Å². The number of hydrogen-bond donors (Lipinski definition) is 1. The molecule has 0 unspecified atom stereocenters. The van der Waals surface area contributed by atoms with Crippen LogP contribution in [0.2, 0.25) is 0 Å². The number of anilines is 1. The van der Waals surface area contributed by atoms with E-state index in [9.17, 15) is 9.59 Å². The molecule has 1 aliphatic carbocycles. The number of nitrogens with one attached hydrogen (secondary N) is 1. The Balaban J connectivity index is 1.36. The topological polar surface area (TPSA) is 93.7 Å². The number of carbonyl (C=O) groups is 2. The molecule has 1 aromatic heterocycles. The highest BCUT2D eigenvalue weighted by molar-refractivity contribution is 6.22. The zero-order valence-corrected chi connectivity index (χ0v) is 15.7. The highest BCUT2D eigenvalue weighted by atomic mass is 16.5. The summed E-state index contributed by atoms with van der Waals surface area (Å²) in [6.07, 6.45) is 6.07. The summed E-state index contributed by atoms with van der Waals surface area (Å²) in [6.45, 7) is 3.94. The van der Waals surface area contributed by atoms with Gasteiger partial charge in [-0.1, -0.05) is 6.07 Å². The largest absolute Gasteiger partial charge is 0.424 e. The minimum Gasteiger partial charge on any atom is -0.424 e. The second-order valence-corrected chi connectivity index (χ2v) is 7.98. The van der Waals surface area contributed by atoms with Crippen LogP contribution in [0.4, 0.5) is 10.5 Å². The number of amides is 3. The molecule has 1 saturated carbocycles. The lowest BCUT2D eigenvalue weighted by molar-refractivity contribution is -0.121. The number of benzene rings is 1. The average Bonchev–Trinajstić information content (AvgIpc) is 3.10. The molecule has 2 aliphatic heterocycles. The van der Waals surface area contributed by atoms with Crippen LogP contribution < -0.4 is 15.0 Å². The van der Waals surface area contributed by atoms with Crippen LogP contribution >= 0.6 is 0 Å². The quantitative estimate of drug-likeness (QED) is 0.823. The zero-order chi connectivity index (χ0) is 19.5. The minimum atomic E-state index is -0.948. The van der Waals surface area contributed by atoms with Crippen molar-refractivity contribution in [1.29, 1.82) is 0 Å².